The fraction of sp³-hybridized carbons (Fsp3) is 0.583. The van der Waals surface area contributed by atoms with E-state index in [0.717, 1.165) is 10.6 Å². The van der Waals surface area contributed by atoms with Crippen molar-refractivity contribution >= 4 is 28.5 Å². The van der Waals surface area contributed by atoms with E-state index >= 15 is 0 Å². The van der Waals surface area contributed by atoms with Crippen LogP contribution in [-0.2, 0) is 4.79 Å². The van der Waals surface area contributed by atoms with Gasteiger partial charge in [0, 0.05) is 4.88 Å². The molecule has 0 aliphatic heterocycles. The predicted octanol–water partition coefficient (Wildman–Crippen LogP) is 2.38. The molecule has 1 heterocycles. The van der Waals surface area contributed by atoms with Gasteiger partial charge in [-0.3, -0.25) is 5.32 Å². The second-order valence-electron chi connectivity index (χ2n) is 4.78. The largest absolute Gasteiger partial charge is 0.480 e. The first-order valence-corrected chi connectivity index (χ1v) is 6.85. The molecule has 6 nitrogen and oxygen atoms in total. The van der Waals surface area contributed by atoms with Gasteiger partial charge in [0.2, 0.25) is 0 Å². The Kier molecular flexibility index (Phi) is 5.29. The molecule has 1 atom stereocenters. The van der Waals surface area contributed by atoms with Gasteiger partial charge in [0.25, 0.3) is 0 Å². The van der Waals surface area contributed by atoms with Crippen LogP contribution in [0.25, 0.3) is 0 Å². The van der Waals surface area contributed by atoms with Gasteiger partial charge in [0.05, 0.1) is 5.69 Å². The number of rotatable bonds is 5. The lowest BCUT2D eigenvalue weighted by Crippen LogP contribution is -2.43. The molecule has 7 heteroatoms. The highest BCUT2D eigenvalue weighted by atomic mass is 32.1. The number of urea groups is 1. The molecule has 2 amide bonds. The Morgan fingerprint density at radius 2 is 2.00 bits per heavy atom. The van der Waals surface area contributed by atoms with Gasteiger partial charge in [0.1, 0.15) is 6.04 Å². The van der Waals surface area contributed by atoms with Crippen LogP contribution in [-0.4, -0.2) is 28.1 Å². The Morgan fingerprint density at radius 3 is 2.42 bits per heavy atom. The Hall–Kier alpha value is -1.63. The van der Waals surface area contributed by atoms with Crippen LogP contribution in [0, 0.1) is 19.8 Å². The molecule has 19 heavy (non-hydrogen) atoms. The molecule has 0 aromatic carbocycles. The maximum atomic E-state index is 11.7. The first kappa shape index (κ1) is 15.4. The van der Waals surface area contributed by atoms with Crippen molar-refractivity contribution in [3.05, 3.63) is 10.6 Å². The minimum absolute atomic E-state index is 0.186. The standard InChI is InChI=1S/C12H19N3O3S/c1-6(2)5-9(10(16)17)14-11(18)15-12-13-7(3)8(4)19-12/h6,9H,5H2,1-4H3,(H,16,17)(H2,13,14,15,18)/t9-/m1/s1. The summed E-state index contributed by atoms with van der Waals surface area (Å²) in [5.74, 6) is -0.846. The van der Waals surface area contributed by atoms with Gasteiger partial charge in [0.15, 0.2) is 5.13 Å². The minimum Gasteiger partial charge on any atom is -0.480 e. The van der Waals surface area contributed by atoms with E-state index in [9.17, 15) is 9.59 Å². The van der Waals surface area contributed by atoms with Crippen molar-refractivity contribution < 1.29 is 14.7 Å². The zero-order valence-electron chi connectivity index (χ0n) is 11.5. The van der Waals surface area contributed by atoms with E-state index in [1.807, 2.05) is 27.7 Å². The van der Waals surface area contributed by atoms with E-state index < -0.39 is 18.0 Å². The number of aryl methyl sites for hydroxylation is 2. The molecule has 1 aromatic rings. The third-order valence-electron chi connectivity index (χ3n) is 2.56. The molecule has 1 rings (SSSR count). The normalized spacial score (nSPS) is 12.3. The average Bonchev–Trinajstić information content (AvgIpc) is 2.55. The van der Waals surface area contributed by atoms with Crippen LogP contribution in [0.2, 0.25) is 0 Å². The molecule has 0 fully saturated rings. The molecule has 0 saturated carbocycles. The molecule has 0 bridgehead atoms. The highest BCUT2D eigenvalue weighted by Crippen LogP contribution is 2.20. The second kappa shape index (κ2) is 6.51. The highest BCUT2D eigenvalue weighted by molar-refractivity contribution is 7.15. The van der Waals surface area contributed by atoms with Gasteiger partial charge in [-0.05, 0) is 26.2 Å². The topological polar surface area (TPSA) is 91.3 Å². The molecule has 0 aliphatic carbocycles. The van der Waals surface area contributed by atoms with Gasteiger partial charge < -0.3 is 10.4 Å². The van der Waals surface area contributed by atoms with Crippen molar-refractivity contribution in [1.82, 2.24) is 10.3 Å². The number of aliphatic carboxylic acids is 1. The molecule has 0 saturated heterocycles. The maximum Gasteiger partial charge on any atom is 0.326 e. The van der Waals surface area contributed by atoms with Crippen LogP contribution in [0.1, 0.15) is 30.8 Å². The zero-order valence-corrected chi connectivity index (χ0v) is 12.3. The van der Waals surface area contributed by atoms with E-state index in [4.69, 9.17) is 5.11 Å². The lowest BCUT2D eigenvalue weighted by molar-refractivity contribution is -0.139. The van der Waals surface area contributed by atoms with Crippen LogP contribution in [0.15, 0.2) is 0 Å². The van der Waals surface area contributed by atoms with E-state index in [1.165, 1.54) is 11.3 Å². The monoisotopic (exact) mass is 285 g/mol. The van der Waals surface area contributed by atoms with E-state index in [2.05, 4.69) is 15.6 Å². The van der Waals surface area contributed by atoms with Crippen molar-refractivity contribution in [2.75, 3.05) is 5.32 Å². The summed E-state index contributed by atoms with van der Waals surface area (Å²) in [6.45, 7) is 7.58. The van der Waals surface area contributed by atoms with Gasteiger partial charge in [-0.15, -0.1) is 11.3 Å². The molecule has 106 valence electrons. The number of thiazole rings is 1. The van der Waals surface area contributed by atoms with Gasteiger partial charge in [-0.1, -0.05) is 13.8 Å². The molecule has 0 unspecified atom stereocenters. The maximum absolute atomic E-state index is 11.7. The molecule has 0 aliphatic rings. The fourth-order valence-electron chi connectivity index (χ4n) is 1.51. The van der Waals surface area contributed by atoms with Crippen LogP contribution >= 0.6 is 11.3 Å². The number of nitrogens with one attached hydrogen (secondary N) is 2. The molecule has 0 radical (unpaired) electrons. The van der Waals surface area contributed by atoms with Crippen molar-refractivity contribution in [1.29, 1.82) is 0 Å². The zero-order chi connectivity index (χ0) is 14.6. The Labute approximate surface area is 116 Å². The first-order valence-electron chi connectivity index (χ1n) is 6.04. The van der Waals surface area contributed by atoms with Crippen LogP contribution < -0.4 is 10.6 Å². The number of aromatic nitrogens is 1. The summed E-state index contributed by atoms with van der Waals surface area (Å²) in [7, 11) is 0. The number of carboxylic acid groups (broad SMARTS) is 1. The highest BCUT2D eigenvalue weighted by Gasteiger charge is 2.21. The predicted molar refractivity (Wildman–Crippen MR) is 74.6 cm³/mol. The van der Waals surface area contributed by atoms with Gasteiger partial charge in [-0.25, -0.2) is 14.6 Å². The molecule has 1 aromatic heterocycles. The van der Waals surface area contributed by atoms with Gasteiger partial charge in [-0.2, -0.15) is 0 Å². The Bertz CT molecular complexity index is 451. The van der Waals surface area contributed by atoms with Crippen molar-refractivity contribution in [3.63, 3.8) is 0 Å². The summed E-state index contributed by atoms with van der Waals surface area (Å²) in [5, 5.41) is 14.5. The lowest BCUT2D eigenvalue weighted by Gasteiger charge is -2.16. The van der Waals surface area contributed by atoms with Crippen molar-refractivity contribution in [3.8, 4) is 0 Å². The quantitative estimate of drug-likeness (QED) is 0.774. The summed E-state index contributed by atoms with van der Waals surface area (Å²) in [5.41, 5.74) is 0.859. The number of amides is 2. The Morgan fingerprint density at radius 1 is 1.37 bits per heavy atom. The van der Waals surface area contributed by atoms with E-state index in [1.54, 1.807) is 0 Å². The van der Waals surface area contributed by atoms with E-state index in [-0.39, 0.29) is 5.92 Å². The number of nitrogens with zero attached hydrogens (tertiary/aromatic N) is 1. The van der Waals surface area contributed by atoms with Crippen molar-refractivity contribution in [2.24, 2.45) is 5.92 Å². The number of carboxylic acids is 1. The number of hydrogen-bond acceptors (Lipinski definition) is 4. The van der Waals surface area contributed by atoms with Crippen LogP contribution in [0.4, 0.5) is 9.93 Å². The molecule has 0 spiro atoms. The van der Waals surface area contributed by atoms with Crippen LogP contribution in [0.5, 0.6) is 0 Å². The lowest BCUT2D eigenvalue weighted by atomic mass is 10.0. The molecular formula is C12H19N3O3S. The summed E-state index contributed by atoms with van der Waals surface area (Å²) in [6, 6.07) is -1.43. The second-order valence-corrected chi connectivity index (χ2v) is 5.98. The number of hydrogen-bond donors (Lipinski definition) is 3. The number of carbonyl (C=O) groups excluding carboxylic acids is 1. The molecular weight excluding hydrogens is 266 g/mol. The summed E-state index contributed by atoms with van der Waals surface area (Å²) >= 11 is 1.36. The number of carbonyl (C=O) groups is 2. The summed E-state index contributed by atoms with van der Waals surface area (Å²) < 4.78 is 0. The molecule has 3 N–H and O–H groups in total. The smallest absolute Gasteiger partial charge is 0.326 e. The third-order valence-corrected chi connectivity index (χ3v) is 3.55. The minimum atomic E-state index is -1.03. The van der Waals surface area contributed by atoms with E-state index in [0.29, 0.717) is 11.6 Å². The Balaban J connectivity index is 2.60. The first-order chi connectivity index (χ1) is 8.79. The average molecular weight is 285 g/mol. The SMILES string of the molecule is Cc1nc(NC(=O)N[C@H](CC(C)C)C(=O)O)sc1C. The van der Waals surface area contributed by atoms with Gasteiger partial charge >= 0.3 is 12.0 Å². The fourth-order valence-corrected chi connectivity index (χ4v) is 2.32. The van der Waals surface area contributed by atoms with Crippen LogP contribution in [0.3, 0.4) is 0 Å². The summed E-state index contributed by atoms with van der Waals surface area (Å²) in [6.07, 6.45) is 0.388. The summed E-state index contributed by atoms with van der Waals surface area (Å²) in [4.78, 5) is 27.9. The van der Waals surface area contributed by atoms with Crippen molar-refractivity contribution in [2.45, 2.75) is 40.2 Å². The number of anilines is 1. The third kappa shape index (κ3) is 4.86.